The summed E-state index contributed by atoms with van der Waals surface area (Å²) in [5.41, 5.74) is 9.74. The van der Waals surface area contributed by atoms with Gasteiger partial charge >= 0.3 is 0 Å². The third-order valence-corrected chi connectivity index (χ3v) is 9.29. The highest BCUT2D eigenvalue weighted by molar-refractivity contribution is 6.14. The number of hydrogen-bond donors (Lipinski definition) is 0. The summed E-state index contributed by atoms with van der Waals surface area (Å²) in [5, 5.41) is 7.97. The van der Waals surface area contributed by atoms with E-state index in [-0.39, 0.29) is 0 Å². The molecule has 0 spiro atoms. The van der Waals surface area contributed by atoms with Crippen LogP contribution in [0.5, 0.6) is 0 Å². The van der Waals surface area contributed by atoms with Gasteiger partial charge in [0, 0.05) is 0 Å². The molecule has 0 bridgehead atoms. The third-order valence-electron chi connectivity index (χ3n) is 9.29. The van der Waals surface area contributed by atoms with Crippen molar-refractivity contribution in [3.8, 4) is 22.3 Å². The topological polar surface area (TPSA) is 0 Å². The van der Waals surface area contributed by atoms with E-state index in [2.05, 4.69) is 197 Å². The summed E-state index contributed by atoms with van der Waals surface area (Å²) < 4.78 is 0. The monoisotopic (exact) mass is 865 g/mol. The van der Waals surface area contributed by atoms with E-state index in [9.17, 15) is 0 Å². The van der Waals surface area contributed by atoms with Gasteiger partial charge in [-0.3, -0.25) is 0 Å². The van der Waals surface area contributed by atoms with Crippen LogP contribution in [0.3, 0.4) is 0 Å². The molecule has 10 rings (SSSR count). The molecule has 0 heterocycles. The fourth-order valence-electron chi connectivity index (χ4n) is 6.86. The Labute approximate surface area is 398 Å². The predicted molar refractivity (Wildman–Crippen MR) is 301 cm³/mol. The normalized spacial score (nSPS) is 9.15. The van der Waals surface area contributed by atoms with Crippen molar-refractivity contribution < 1.29 is 0 Å². The molecule has 0 fully saturated rings. The molecule has 0 N–H and O–H groups in total. The van der Waals surface area contributed by atoms with Gasteiger partial charge in [0.1, 0.15) is 0 Å². The zero-order valence-corrected chi connectivity index (χ0v) is 43.1. The van der Waals surface area contributed by atoms with Gasteiger partial charge in [-0.2, -0.15) is 0 Å². The van der Waals surface area contributed by atoms with E-state index in [1.807, 2.05) is 119 Å². The molecule has 0 amide bonds. The predicted octanol–water partition coefficient (Wildman–Crippen LogP) is 21.3. The number of rotatable bonds is 1. The molecular formula is C65H84. The van der Waals surface area contributed by atoms with Crippen molar-refractivity contribution in [1.29, 1.82) is 0 Å². The second kappa shape index (κ2) is 38.2. The summed E-state index contributed by atoms with van der Waals surface area (Å²) in [5.74, 6) is 0. The number of aryl methyl sites for hydroxylation is 1. The van der Waals surface area contributed by atoms with Crippen molar-refractivity contribution in [3.63, 3.8) is 0 Å². The lowest BCUT2D eigenvalue weighted by Gasteiger charge is -2.15. The average molecular weight is 865 g/mol. The van der Waals surface area contributed by atoms with Crippen LogP contribution in [0.4, 0.5) is 0 Å². The molecule has 0 nitrogen and oxygen atoms in total. The first-order valence-corrected chi connectivity index (χ1v) is 24.7. The van der Waals surface area contributed by atoms with Gasteiger partial charge in [-0.25, -0.2) is 0 Å². The van der Waals surface area contributed by atoms with Crippen molar-refractivity contribution in [3.05, 3.63) is 229 Å². The van der Waals surface area contributed by atoms with Crippen molar-refractivity contribution in [2.45, 2.75) is 117 Å². The van der Waals surface area contributed by atoms with E-state index in [0.29, 0.717) is 0 Å². The van der Waals surface area contributed by atoms with E-state index < -0.39 is 0 Å². The molecule has 9 aromatic rings. The Bertz CT molecular complexity index is 2280. The summed E-state index contributed by atoms with van der Waals surface area (Å²) >= 11 is 0. The molecule has 0 heteroatoms. The minimum atomic E-state index is 1.10. The number of fused-ring (bicyclic) bond motifs is 6. The molecule has 0 aliphatic heterocycles. The minimum absolute atomic E-state index is 1.10. The van der Waals surface area contributed by atoms with Crippen molar-refractivity contribution in [2.24, 2.45) is 0 Å². The lowest BCUT2D eigenvalue weighted by Crippen LogP contribution is -1.88. The summed E-state index contributed by atoms with van der Waals surface area (Å²) in [7, 11) is 0. The van der Waals surface area contributed by atoms with Gasteiger partial charge in [0.25, 0.3) is 0 Å². The molecule has 0 atom stereocenters. The van der Waals surface area contributed by atoms with E-state index in [1.165, 1.54) is 77.7 Å². The zero-order valence-electron chi connectivity index (χ0n) is 43.1. The second-order valence-electron chi connectivity index (χ2n) is 13.2. The summed E-state index contributed by atoms with van der Waals surface area (Å²) in [6, 6.07) is 74.1. The van der Waals surface area contributed by atoms with Gasteiger partial charge in [-0.1, -0.05) is 316 Å². The van der Waals surface area contributed by atoms with E-state index >= 15 is 0 Å². The fraction of sp³-hybridized carbons (Fsp3) is 0.262. The molecule has 0 radical (unpaired) electrons. The van der Waals surface area contributed by atoms with Gasteiger partial charge < -0.3 is 0 Å². The van der Waals surface area contributed by atoms with Crippen molar-refractivity contribution >= 4 is 32.3 Å². The van der Waals surface area contributed by atoms with Crippen LogP contribution in [0.25, 0.3) is 54.6 Å². The Morgan fingerprint density at radius 3 is 0.877 bits per heavy atom. The second-order valence-corrected chi connectivity index (χ2v) is 13.2. The molecule has 0 aromatic heterocycles. The van der Waals surface area contributed by atoms with E-state index in [1.54, 1.807) is 0 Å². The van der Waals surface area contributed by atoms with E-state index in [4.69, 9.17) is 0 Å². The van der Waals surface area contributed by atoms with Crippen LogP contribution in [-0.2, 0) is 6.42 Å². The van der Waals surface area contributed by atoms with Crippen LogP contribution in [0.2, 0.25) is 0 Å². The van der Waals surface area contributed by atoms with Gasteiger partial charge in [-0.15, -0.1) is 0 Å². The summed E-state index contributed by atoms with van der Waals surface area (Å²) in [6.07, 6.45) is 2.35. The largest absolute Gasteiger partial charge is 0.0683 e. The number of benzene rings is 9. The highest BCUT2D eigenvalue weighted by Crippen LogP contribution is 2.39. The molecule has 0 saturated carbocycles. The van der Waals surface area contributed by atoms with Crippen molar-refractivity contribution in [1.82, 2.24) is 0 Å². The van der Waals surface area contributed by atoms with Crippen LogP contribution in [0.15, 0.2) is 212 Å². The maximum atomic E-state index is 2.23. The van der Waals surface area contributed by atoms with Crippen LogP contribution in [0, 0.1) is 6.92 Å². The quantitative estimate of drug-likeness (QED) is 0.144. The molecule has 0 unspecified atom stereocenters. The van der Waals surface area contributed by atoms with Crippen LogP contribution in [0.1, 0.15) is 120 Å². The lowest BCUT2D eigenvalue weighted by molar-refractivity contribution is 1.09. The minimum Gasteiger partial charge on any atom is -0.0683 e. The maximum Gasteiger partial charge on any atom is -0.00135 e. The zero-order chi connectivity index (χ0) is 48.7. The Kier molecular flexibility index (Phi) is 34.6. The van der Waals surface area contributed by atoms with Gasteiger partial charge in [0.05, 0.1) is 0 Å². The molecule has 65 heavy (non-hydrogen) atoms. The van der Waals surface area contributed by atoms with E-state index in [0.717, 1.165) is 6.42 Å². The molecule has 344 valence electrons. The SMILES string of the molecule is CC.CC.CC.CC.CC.CC.CCC.Cc1c2ccccc2c(-c2ccccc2)c2ccccc12.c1ccc2c(c1)Cc1ccccc1-2.c1ccc2ccccc2c1.c1ccccc1. The number of hydrogen-bond acceptors (Lipinski definition) is 0. The first-order valence-electron chi connectivity index (χ1n) is 24.7. The first kappa shape index (κ1) is 58.8. The lowest BCUT2D eigenvalue weighted by atomic mass is 9.89. The smallest absolute Gasteiger partial charge is 0.00135 e. The van der Waals surface area contributed by atoms with Gasteiger partial charge in [0.15, 0.2) is 0 Å². The molecule has 0 saturated heterocycles. The fourth-order valence-corrected chi connectivity index (χ4v) is 6.86. The highest BCUT2D eigenvalue weighted by atomic mass is 14.2. The first-order chi connectivity index (χ1) is 32.2. The standard InChI is InChI=1S/C21H16.C13H10.C10H8.C6H6.C3H8.6C2H6/c1-15-17-11-5-7-13-19(17)21(16-9-3-2-4-10-16)20-14-8-6-12-18(15)20;1-3-7-12-10(5-1)9-11-6-2-4-8-13(11)12;1-2-6-10-8-4-3-7-9(10)5-1;1-2-4-6-5-3-1;1-3-2;6*1-2/h2-14H,1H3;1-8H,9H2;1-8H;1-6H;3H2,1-2H3;6*1-2H3. The molecular weight excluding hydrogens is 781 g/mol. The Hall–Kier alpha value is -6.24. The van der Waals surface area contributed by atoms with Gasteiger partial charge in [0.2, 0.25) is 0 Å². The Morgan fingerprint density at radius 2 is 0.538 bits per heavy atom. The van der Waals surface area contributed by atoms with Gasteiger partial charge in [-0.05, 0) is 84.6 Å². The maximum absolute atomic E-state index is 2.23. The Balaban J connectivity index is 0.000000808. The molecule has 9 aromatic carbocycles. The van der Waals surface area contributed by atoms with Crippen LogP contribution < -0.4 is 0 Å². The molecule has 1 aliphatic rings. The van der Waals surface area contributed by atoms with Crippen LogP contribution in [-0.4, -0.2) is 0 Å². The Morgan fingerprint density at radius 1 is 0.292 bits per heavy atom. The third kappa shape index (κ3) is 18.8. The average Bonchev–Trinajstić information content (AvgIpc) is 3.81. The summed E-state index contributed by atoms with van der Waals surface area (Å²) in [4.78, 5) is 0. The molecule has 1 aliphatic carbocycles. The summed E-state index contributed by atoms with van der Waals surface area (Å²) in [6.45, 7) is 30.5. The van der Waals surface area contributed by atoms with Crippen molar-refractivity contribution in [2.75, 3.05) is 0 Å². The van der Waals surface area contributed by atoms with Crippen LogP contribution >= 0.6 is 0 Å². The highest BCUT2D eigenvalue weighted by Gasteiger charge is 2.16.